The van der Waals surface area contributed by atoms with E-state index in [-0.39, 0.29) is 6.04 Å². The Morgan fingerprint density at radius 1 is 1.00 bits per heavy atom. The molecule has 202 valence electrons. The number of hydrogen-bond acceptors (Lipinski definition) is 5. The van der Waals surface area contributed by atoms with Gasteiger partial charge in [0.1, 0.15) is 24.1 Å². The zero-order chi connectivity index (χ0) is 27.5. The summed E-state index contributed by atoms with van der Waals surface area (Å²) in [5, 5.41) is 5.60. The van der Waals surface area contributed by atoms with Gasteiger partial charge >= 0.3 is 6.09 Å². The number of aromatic nitrogens is 2. The van der Waals surface area contributed by atoms with Crippen LogP contribution in [-0.4, -0.2) is 40.7 Å². The summed E-state index contributed by atoms with van der Waals surface area (Å²) >= 11 is 12.3. The van der Waals surface area contributed by atoms with Crippen molar-refractivity contribution in [3.05, 3.63) is 118 Å². The largest absolute Gasteiger partial charge is 0.492 e. The molecule has 0 radical (unpaired) electrons. The summed E-state index contributed by atoms with van der Waals surface area (Å²) in [7, 11) is 0. The standard InChI is InChI=1S/C31H26Cl2N4O3/c32-21-5-10-25(11-6-21)40-31(38)37-16-13-26-27-18-22(33)7-12-28(27)36-29(26)30(37)20-3-8-24(9-4-20)39-17-15-35-23-2-1-14-34-19-23/h1-12,14,18-19,30,35-36H,13,15-17H2/t30-/m0/s1. The van der Waals surface area contributed by atoms with Gasteiger partial charge in [-0.25, -0.2) is 4.79 Å². The number of ether oxygens (including phenoxy) is 2. The molecule has 7 nitrogen and oxygen atoms in total. The Morgan fingerprint density at radius 3 is 2.55 bits per heavy atom. The van der Waals surface area contributed by atoms with Crippen LogP contribution in [0.4, 0.5) is 10.5 Å². The molecule has 2 N–H and O–H groups in total. The fourth-order valence-electron chi connectivity index (χ4n) is 5.04. The van der Waals surface area contributed by atoms with Crippen LogP contribution in [0.25, 0.3) is 10.9 Å². The van der Waals surface area contributed by atoms with Gasteiger partial charge in [-0.1, -0.05) is 35.3 Å². The number of pyridine rings is 1. The fraction of sp³-hybridized carbons (Fsp3) is 0.161. The van der Waals surface area contributed by atoms with Crippen LogP contribution >= 0.6 is 23.2 Å². The lowest BCUT2D eigenvalue weighted by Gasteiger charge is -2.35. The van der Waals surface area contributed by atoms with Gasteiger partial charge in [0.25, 0.3) is 0 Å². The first kappa shape index (κ1) is 26.0. The molecule has 1 aliphatic rings. The number of H-pyrrole nitrogens is 1. The number of carbonyl (C=O) groups is 1. The van der Waals surface area contributed by atoms with Gasteiger partial charge in [-0.2, -0.15) is 0 Å². The number of carbonyl (C=O) groups excluding carboxylic acids is 1. The molecule has 5 aromatic rings. The number of nitrogens with zero attached hydrogens (tertiary/aromatic N) is 2. The summed E-state index contributed by atoms with van der Waals surface area (Å²) in [6.07, 6.45) is 3.75. The van der Waals surface area contributed by atoms with Crippen molar-refractivity contribution in [1.29, 1.82) is 0 Å². The highest BCUT2D eigenvalue weighted by atomic mass is 35.5. The van der Waals surface area contributed by atoms with Crippen LogP contribution in [0.1, 0.15) is 22.9 Å². The highest BCUT2D eigenvalue weighted by Gasteiger charge is 2.35. The Balaban J connectivity index is 1.25. The van der Waals surface area contributed by atoms with Gasteiger partial charge in [-0.15, -0.1) is 0 Å². The molecule has 0 aliphatic carbocycles. The minimum absolute atomic E-state index is 0.379. The van der Waals surface area contributed by atoms with Gasteiger partial charge in [-0.3, -0.25) is 9.88 Å². The van der Waals surface area contributed by atoms with Crippen molar-refractivity contribution < 1.29 is 14.3 Å². The molecular weight excluding hydrogens is 547 g/mol. The van der Waals surface area contributed by atoms with E-state index in [0.29, 0.717) is 41.9 Å². The summed E-state index contributed by atoms with van der Waals surface area (Å²) in [4.78, 5) is 22.9. The summed E-state index contributed by atoms with van der Waals surface area (Å²) < 4.78 is 11.7. The Labute approximate surface area is 241 Å². The molecule has 1 atom stereocenters. The molecule has 0 spiro atoms. The molecule has 6 rings (SSSR count). The average molecular weight is 573 g/mol. The predicted octanol–water partition coefficient (Wildman–Crippen LogP) is 7.51. The first-order valence-electron chi connectivity index (χ1n) is 13.0. The molecule has 9 heteroatoms. The highest BCUT2D eigenvalue weighted by Crippen LogP contribution is 2.40. The second-order valence-electron chi connectivity index (χ2n) is 9.46. The zero-order valence-electron chi connectivity index (χ0n) is 21.4. The maximum Gasteiger partial charge on any atom is 0.416 e. The second kappa shape index (κ2) is 11.5. The molecule has 40 heavy (non-hydrogen) atoms. The highest BCUT2D eigenvalue weighted by molar-refractivity contribution is 6.31. The SMILES string of the molecule is O=C(Oc1ccc(Cl)cc1)N1CCc2c([nH]c3ccc(Cl)cc23)[C@@H]1c1ccc(OCCNc2cccnc2)cc1. The van der Waals surface area contributed by atoms with Crippen molar-refractivity contribution >= 4 is 45.9 Å². The number of hydrogen-bond donors (Lipinski definition) is 2. The molecule has 0 bridgehead atoms. The van der Waals surface area contributed by atoms with Gasteiger partial charge in [-0.05, 0) is 84.3 Å². The van der Waals surface area contributed by atoms with E-state index in [1.807, 2.05) is 54.6 Å². The zero-order valence-corrected chi connectivity index (χ0v) is 23.0. The van der Waals surface area contributed by atoms with Crippen LogP contribution in [-0.2, 0) is 6.42 Å². The van der Waals surface area contributed by atoms with Crippen molar-refractivity contribution in [2.45, 2.75) is 12.5 Å². The Hall–Kier alpha value is -4.20. The topological polar surface area (TPSA) is 79.5 Å². The van der Waals surface area contributed by atoms with Crippen LogP contribution in [0.15, 0.2) is 91.3 Å². The summed E-state index contributed by atoms with van der Waals surface area (Å²) in [6.45, 7) is 1.62. The van der Waals surface area contributed by atoms with Crippen molar-refractivity contribution in [2.75, 3.05) is 25.0 Å². The summed E-state index contributed by atoms with van der Waals surface area (Å²) in [5.41, 5.74) is 4.96. The number of nitrogens with one attached hydrogen (secondary N) is 2. The summed E-state index contributed by atoms with van der Waals surface area (Å²) in [6, 6.07) is 23.9. The normalized spacial score (nSPS) is 14.6. The molecule has 0 unspecified atom stereocenters. The minimum atomic E-state index is -0.434. The summed E-state index contributed by atoms with van der Waals surface area (Å²) in [5.74, 6) is 1.18. The number of fused-ring (bicyclic) bond motifs is 3. The Kier molecular flexibility index (Phi) is 7.49. The third kappa shape index (κ3) is 5.57. The first-order chi connectivity index (χ1) is 19.5. The van der Waals surface area contributed by atoms with E-state index in [9.17, 15) is 4.79 Å². The number of halogens is 2. The maximum absolute atomic E-state index is 13.5. The smallest absolute Gasteiger partial charge is 0.416 e. The molecule has 1 aliphatic heterocycles. The monoisotopic (exact) mass is 572 g/mol. The first-order valence-corrected chi connectivity index (χ1v) is 13.7. The molecular formula is C31H26Cl2N4O3. The van der Waals surface area contributed by atoms with Crippen molar-refractivity contribution in [1.82, 2.24) is 14.9 Å². The molecule has 1 amide bonds. The van der Waals surface area contributed by atoms with E-state index in [1.54, 1.807) is 41.6 Å². The molecule has 0 saturated carbocycles. The van der Waals surface area contributed by atoms with Crippen LogP contribution < -0.4 is 14.8 Å². The van der Waals surface area contributed by atoms with E-state index >= 15 is 0 Å². The minimum Gasteiger partial charge on any atom is -0.492 e. The Morgan fingerprint density at radius 2 is 1.77 bits per heavy atom. The molecule has 0 fully saturated rings. The van der Waals surface area contributed by atoms with E-state index in [1.165, 1.54) is 0 Å². The molecule has 3 aromatic carbocycles. The molecule has 0 saturated heterocycles. The van der Waals surface area contributed by atoms with Crippen LogP contribution in [0.5, 0.6) is 11.5 Å². The van der Waals surface area contributed by atoms with Crippen molar-refractivity contribution in [3.8, 4) is 11.5 Å². The number of rotatable bonds is 7. The van der Waals surface area contributed by atoms with Crippen LogP contribution in [0, 0.1) is 0 Å². The Bertz CT molecular complexity index is 1620. The van der Waals surface area contributed by atoms with Crippen molar-refractivity contribution in [2.24, 2.45) is 0 Å². The fourth-order valence-corrected chi connectivity index (χ4v) is 5.34. The van der Waals surface area contributed by atoms with Gasteiger partial charge in [0.15, 0.2) is 0 Å². The maximum atomic E-state index is 13.5. The van der Waals surface area contributed by atoms with E-state index in [0.717, 1.165) is 39.2 Å². The van der Waals surface area contributed by atoms with Gasteiger partial charge in [0, 0.05) is 52.1 Å². The van der Waals surface area contributed by atoms with Gasteiger partial charge in [0.2, 0.25) is 0 Å². The van der Waals surface area contributed by atoms with Gasteiger partial charge in [0.05, 0.1) is 5.69 Å². The number of amides is 1. The van der Waals surface area contributed by atoms with Crippen molar-refractivity contribution in [3.63, 3.8) is 0 Å². The third-order valence-electron chi connectivity index (χ3n) is 6.90. The molecule has 3 heterocycles. The van der Waals surface area contributed by atoms with Gasteiger partial charge < -0.3 is 19.8 Å². The number of benzene rings is 3. The second-order valence-corrected chi connectivity index (χ2v) is 10.3. The quantitative estimate of drug-likeness (QED) is 0.197. The van der Waals surface area contributed by atoms with E-state index in [4.69, 9.17) is 32.7 Å². The predicted molar refractivity (Wildman–Crippen MR) is 158 cm³/mol. The number of aromatic amines is 1. The average Bonchev–Trinajstić information content (AvgIpc) is 3.35. The lowest BCUT2D eigenvalue weighted by Crippen LogP contribution is -2.42. The lowest BCUT2D eigenvalue weighted by atomic mass is 9.92. The lowest BCUT2D eigenvalue weighted by molar-refractivity contribution is 0.135. The third-order valence-corrected chi connectivity index (χ3v) is 7.39. The molecule has 2 aromatic heterocycles. The van der Waals surface area contributed by atoms with E-state index < -0.39 is 6.09 Å². The van der Waals surface area contributed by atoms with Crippen LogP contribution in [0.3, 0.4) is 0 Å². The van der Waals surface area contributed by atoms with E-state index in [2.05, 4.69) is 15.3 Å². The number of anilines is 1. The van der Waals surface area contributed by atoms with Crippen LogP contribution in [0.2, 0.25) is 10.0 Å².